The molecule has 0 N–H and O–H groups in total. The minimum absolute atomic E-state index is 0.653. The summed E-state index contributed by atoms with van der Waals surface area (Å²) < 4.78 is 11.0. The first-order valence-corrected chi connectivity index (χ1v) is 16.5. The number of hydrogen-bond acceptors (Lipinski definition) is 3. The fourth-order valence-electron chi connectivity index (χ4n) is 7.86. The number of furan rings is 1. The molecular weight excluding hydrogens is 601 g/mol. The van der Waals surface area contributed by atoms with Gasteiger partial charge in [-0.2, -0.15) is 0 Å². The summed E-state index contributed by atoms with van der Waals surface area (Å²) in [4.78, 5) is 10.2. The molecule has 0 saturated heterocycles. The van der Waals surface area contributed by atoms with Gasteiger partial charge in [-0.05, 0) is 53.9 Å². The van der Waals surface area contributed by atoms with Crippen LogP contribution in [0.4, 0.5) is 0 Å². The molecule has 0 aliphatic heterocycles. The van der Waals surface area contributed by atoms with Gasteiger partial charge >= 0.3 is 0 Å². The number of hydrogen-bond donors (Lipinski definition) is 0. The topological polar surface area (TPSA) is 48.8 Å². The van der Waals surface area contributed by atoms with E-state index >= 15 is 0 Å². The molecule has 4 heterocycles. The van der Waals surface area contributed by atoms with Gasteiger partial charge in [-0.15, -0.1) is 0 Å². The third kappa shape index (κ3) is 3.70. The van der Waals surface area contributed by atoms with Crippen LogP contribution in [0.3, 0.4) is 0 Å². The van der Waals surface area contributed by atoms with Crippen molar-refractivity contribution in [2.24, 2.45) is 0 Å². The molecule has 0 saturated carbocycles. The fourth-order valence-corrected chi connectivity index (χ4v) is 7.86. The summed E-state index contributed by atoms with van der Waals surface area (Å²) >= 11 is 0. The molecule has 0 radical (unpaired) electrons. The lowest BCUT2D eigenvalue weighted by Gasteiger charge is -2.16. The number of aromatic nitrogens is 4. The highest BCUT2D eigenvalue weighted by Gasteiger charge is 2.21. The minimum Gasteiger partial charge on any atom is -0.453 e. The van der Waals surface area contributed by atoms with E-state index in [9.17, 15) is 0 Å². The van der Waals surface area contributed by atoms with Crippen molar-refractivity contribution >= 4 is 76.5 Å². The highest BCUT2D eigenvalue weighted by Crippen LogP contribution is 2.40. The van der Waals surface area contributed by atoms with Gasteiger partial charge in [0.25, 0.3) is 0 Å². The molecule has 49 heavy (non-hydrogen) atoms. The SMILES string of the molecule is c1ccc2c(-n3c4ccccc4c4ccccc43)c(-c3ncc4oc5ccc(-n6c7ccccc7c7ccccc76)cc5c4n3)ccc2c1. The minimum atomic E-state index is 0.653. The van der Waals surface area contributed by atoms with Gasteiger partial charge in [0.15, 0.2) is 11.4 Å². The largest absolute Gasteiger partial charge is 0.453 e. The Labute approximate surface area is 279 Å². The van der Waals surface area contributed by atoms with E-state index < -0.39 is 0 Å². The Morgan fingerprint density at radius 2 is 1.00 bits per heavy atom. The van der Waals surface area contributed by atoms with E-state index in [1.807, 2.05) is 6.20 Å². The Balaban J connectivity index is 1.18. The first-order chi connectivity index (χ1) is 24.3. The Kier molecular flexibility index (Phi) is 5.32. The van der Waals surface area contributed by atoms with Crippen molar-refractivity contribution in [3.05, 3.63) is 158 Å². The smallest absolute Gasteiger partial charge is 0.172 e. The lowest BCUT2D eigenvalue weighted by Crippen LogP contribution is -2.01. The zero-order chi connectivity index (χ0) is 32.1. The predicted molar refractivity (Wildman–Crippen MR) is 201 cm³/mol. The second kappa shape index (κ2) is 9.89. The molecule has 5 heteroatoms. The van der Waals surface area contributed by atoms with Crippen LogP contribution < -0.4 is 0 Å². The summed E-state index contributed by atoms with van der Waals surface area (Å²) in [5.74, 6) is 0.653. The molecule has 0 fully saturated rings. The molecular formula is C44H26N4O. The number of para-hydroxylation sites is 4. The Bertz CT molecular complexity index is 3020. The molecule has 11 rings (SSSR count). The molecule has 0 bridgehead atoms. The van der Waals surface area contributed by atoms with E-state index in [1.54, 1.807) is 0 Å². The van der Waals surface area contributed by atoms with Crippen molar-refractivity contribution in [3.8, 4) is 22.8 Å². The van der Waals surface area contributed by atoms with Crippen molar-refractivity contribution in [1.82, 2.24) is 19.1 Å². The van der Waals surface area contributed by atoms with Crippen molar-refractivity contribution in [3.63, 3.8) is 0 Å². The van der Waals surface area contributed by atoms with Gasteiger partial charge in [0.1, 0.15) is 11.1 Å². The quantitative estimate of drug-likeness (QED) is 0.196. The maximum Gasteiger partial charge on any atom is 0.172 e. The monoisotopic (exact) mass is 626 g/mol. The van der Waals surface area contributed by atoms with Gasteiger partial charge in [-0.25, -0.2) is 9.97 Å². The molecule has 0 amide bonds. The molecule has 5 nitrogen and oxygen atoms in total. The Morgan fingerprint density at radius 1 is 0.449 bits per heavy atom. The summed E-state index contributed by atoms with van der Waals surface area (Å²) in [6, 6.07) is 53.7. The number of nitrogens with zero attached hydrogens (tertiary/aromatic N) is 4. The lowest BCUT2D eigenvalue weighted by atomic mass is 10.0. The lowest BCUT2D eigenvalue weighted by molar-refractivity contribution is 0.666. The average molecular weight is 627 g/mol. The number of benzene rings is 7. The van der Waals surface area contributed by atoms with Crippen LogP contribution in [0.2, 0.25) is 0 Å². The average Bonchev–Trinajstić information content (AvgIpc) is 3.81. The van der Waals surface area contributed by atoms with E-state index in [0.717, 1.165) is 66.3 Å². The van der Waals surface area contributed by atoms with Gasteiger partial charge in [-0.1, -0.05) is 103 Å². The maximum absolute atomic E-state index is 6.34. The van der Waals surface area contributed by atoms with Crippen LogP contribution >= 0.6 is 0 Å². The Morgan fingerprint density at radius 3 is 1.63 bits per heavy atom. The first kappa shape index (κ1) is 26.4. The summed E-state index contributed by atoms with van der Waals surface area (Å²) in [7, 11) is 0. The van der Waals surface area contributed by atoms with Crippen LogP contribution in [0.5, 0.6) is 0 Å². The van der Waals surface area contributed by atoms with E-state index in [0.29, 0.717) is 11.4 Å². The summed E-state index contributed by atoms with van der Waals surface area (Å²) in [6.45, 7) is 0. The zero-order valence-corrected chi connectivity index (χ0v) is 26.2. The number of rotatable bonds is 3. The van der Waals surface area contributed by atoms with Gasteiger partial charge < -0.3 is 13.6 Å². The molecule has 0 atom stereocenters. The molecule has 0 unspecified atom stereocenters. The van der Waals surface area contributed by atoms with Crippen LogP contribution in [-0.4, -0.2) is 19.1 Å². The van der Waals surface area contributed by atoms with Crippen molar-refractivity contribution < 1.29 is 4.42 Å². The molecule has 0 spiro atoms. The molecule has 11 aromatic rings. The van der Waals surface area contributed by atoms with Gasteiger partial charge in [0.2, 0.25) is 0 Å². The van der Waals surface area contributed by atoms with E-state index in [-0.39, 0.29) is 0 Å². The predicted octanol–water partition coefficient (Wildman–Crippen LogP) is 11.4. The second-order valence-electron chi connectivity index (χ2n) is 12.6. The van der Waals surface area contributed by atoms with E-state index in [4.69, 9.17) is 14.4 Å². The van der Waals surface area contributed by atoms with Crippen LogP contribution in [-0.2, 0) is 0 Å². The summed E-state index contributed by atoms with van der Waals surface area (Å²) in [5.41, 5.74) is 9.95. The fraction of sp³-hybridized carbons (Fsp3) is 0. The zero-order valence-electron chi connectivity index (χ0n) is 26.2. The van der Waals surface area contributed by atoms with Crippen molar-refractivity contribution in [1.29, 1.82) is 0 Å². The van der Waals surface area contributed by atoms with Gasteiger partial charge in [0, 0.05) is 43.6 Å². The highest BCUT2D eigenvalue weighted by molar-refractivity contribution is 6.13. The van der Waals surface area contributed by atoms with Crippen LogP contribution in [0, 0.1) is 0 Å². The van der Waals surface area contributed by atoms with Crippen molar-refractivity contribution in [2.45, 2.75) is 0 Å². The molecule has 0 aliphatic rings. The normalized spacial score (nSPS) is 12.1. The van der Waals surface area contributed by atoms with Crippen LogP contribution in [0.1, 0.15) is 0 Å². The maximum atomic E-state index is 6.34. The molecule has 228 valence electrons. The highest BCUT2D eigenvalue weighted by atomic mass is 16.3. The van der Waals surface area contributed by atoms with Crippen LogP contribution in [0.25, 0.3) is 99.2 Å². The molecule has 7 aromatic carbocycles. The van der Waals surface area contributed by atoms with Gasteiger partial charge in [-0.3, -0.25) is 0 Å². The Hall–Kier alpha value is -6.72. The molecule has 4 aromatic heterocycles. The first-order valence-electron chi connectivity index (χ1n) is 16.5. The molecule has 0 aliphatic carbocycles. The van der Waals surface area contributed by atoms with Crippen LogP contribution in [0.15, 0.2) is 162 Å². The third-order valence-corrected chi connectivity index (χ3v) is 9.98. The third-order valence-electron chi connectivity index (χ3n) is 9.98. The standard InChI is InChI=1S/C44H26N4O/c1-2-12-29-27(11-1)21-23-34(43(29)48-38-19-9-5-15-32(38)33-16-6-10-20-39(33)48)44-45-26-41-42(46-44)35-25-28(22-24-40(35)49-41)47-36-17-7-3-13-30(36)31-14-4-8-18-37(31)47/h1-26H. The van der Waals surface area contributed by atoms with Gasteiger partial charge in [0.05, 0.1) is 34.0 Å². The van der Waals surface area contributed by atoms with Crippen molar-refractivity contribution in [2.75, 3.05) is 0 Å². The van der Waals surface area contributed by atoms with E-state index in [1.165, 1.54) is 21.5 Å². The second-order valence-corrected chi connectivity index (χ2v) is 12.6. The number of fused-ring (bicyclic) bond motifs is 10. The summed E-state index contributed by atoms with van der Waals surface area (Å²) in [5, 5.41) is 8.15. The summed E-state index contributed by atoms with van der Waals surface area (Å²) in [6.07, 6.45) is 1.82. The van der Waals surface area contributed by atoms with E-state index in [2.05, 4.69) is 161 Å².